The molecule has 1 aromatic carbocycles. The van der Waals surface area contributed by atoms with Gasteiger partial charge in [0.1, 0.15) is 11.6 Å². The first kappa shape index (κ1) is 14.6. The molecule has 20 heavy (non-hydrogen) atoms. The summed E-state index contributed by atoms with van der Waals surface area (Å²) in [5.74, 6) is 1.83. The summed E-state index contributed by atoms with van der Waals surface area (Å²) in [6.07, 6.45) is 1.49. The van der Waals surface area contributed by atoms with Crippen LogP contribution in [0.4, 0.5) is 0 Å². The Morgan fingerprint density at radius 3 is 2.90 bits per heavy atom. The molecule has 108 valence electrons. The van der Waals surface area contributed by atoms with Gasteiger partial charge in [-0.2, -0.15) is 0 Å². The summed E-state index contributed by atoms with van der Waals surface area (Å²) < 4.78 is 7.69. The first-order valence-electron chi connectivity index (χ1n) is 7.03. The standard InChI is InChI=1S/C16H22N2O2/c1-4-20-13-7-8-15-14(10-13)17-16(6-5-9-19)18(15)11-12(2)3/h7-8,10,19H,2,4-6,9,11H2,1,3H3. The first-order chi connectivity index (χ1) is 9.65. The normalized spacial score (nSPS) is 10.9. The number of imidazole rings is 1. The maximum atomic E-state index is 9.01. The molecule has 0 atom stereocenters. The number of rotatable bonds is 7. The van der Waals surface area contributed by atoms with Crippen LogP contribution >= 0.6 is 0 Å². The van der Waals surface area contributed by atoms with Crippen molar-refractivity contribution in [3.63, 3.8) is 0 Å². The second-order valence-electron chi connectivity index (χ2n) is 4.98. The third kappa shape index (κ3) is 3.20. The number of allylic oxidation sites excluding steroid dienone is 1. The zero-order valence-electron chi connectivity index (χ0n) is 12.2. The monoisotopic (exact) mass is 274 g/mol. The summed E-state index contributed by atoms with van der Waals surface area (Å²) in [5.41, 5.74) is 3.11. The molecule has 1 N–H and O–H groups in total. The summed E-state index contributed by atoms with van der Waals surface area (Å²) in [6, 6.07) is 5.98. The lowest BCUT2D eigenvalue weighted by Crippen LogP contribution is -2.05. The lowest BCUT2D eigenvalue weighted by atomic mass is 10.2. The molecule has 0 saturated carbocycles. The van der Waals surface area contributed by atoms with Crippen molar-refractivity contribution >= 4 is 11.0 Å². The van der Waals surface area contributed by atoms with E-state index in [1.54, 1.807) is 0 Å². The number of fused-ring (bicyclic) bond motifs is 1. The zero-order chi connectivity index (χ0) is 14.5. The van der Waals surface area contributed by atoms with Crippen molar-refractivity contribution in [2.24, 2.45) is 0 Å². The number of hydrogen-bond acceptors (Lipinski definition) is 3. The Kier molecular flexibility index (Phi) is 4.79. The molecule has 1 heterocycles. The van der Waals surface area contributed by atoms with E-state index in [1.807, 2.05) is 32.0 Å². The molecule has 0 spiro atoms. The molecule has 0 amide bonds. The summed E-state index contributed by atoms with van der Waals surface area (Å²) in [6.45, 7) is 9.55. The summed E-state index contributed by atoms with van der Waals surface area (Å²) in [7, 11) is 0. The maximum absolute atomic E-state index is 9.01. The molecule has 0 aliphatic rings. The highest BCUT2D eigenvalue weighted by Gasteiger charge is 2.11. The molecule has 0 aliphatic heterocycles. The fraction of sp³-hybridized carbons (Fsp3) is 0.438. The Balaban J connectivity index is 2.44. The molecule has 0 unspecified atom stereocenters. The van der Waals surface area contributed by atoms with Crippen LogP contribution in [0, 0.1) is 0 Å². The van der Waals surface area contributed by atoms with Crippen LogP contribution in [0.3, 0.4) is 0 Å². The van der Waals surface area contributed by atoms with Crippen LogP contribution in [0.25, 0.3) is 11.0 Å². The minimum Gasteiger partial charge on any atom is -0.494 e. The van der Waals surface area contributed by atoms with Crippen molar-refractivity contribution in [3.05, 3.63) is 36.2 Å². The number of aromatic nitrogens is 2. The van der Waals surface area contributed by atoms with E-state index in [2.05, 4.69) is 16.1 Å². The predicted octanol–water partition coefficient (Wildman–Crippen LogP) is 2.94. The van der Waals surface area contributed by atoms with E-state index in [9.17, 15) is 0 Å². The van der Waals surface area contributed by atoms with Gasteiger partial charge >= 0.3 is 0 Å². The second-order valence-corrected chi connectivity index (χ2v) is 4.98. The first-order valence-corrected chi connectivity index (χ1v) is 7.03. The van der Waals surface area contributed by atoms with Gasteiger partial charge < -0.3 is 14.4 Å². The lowest BCUT2D eigenvalue weighted by molar-refractivity contribution is 0.287. The highest BCUT2D eigenvalue weighted by Crippen LogP contribution is 2.23. The van der Waals surface area contributed by atoms with E-state index in [0.717, 1.165) is 47.6 Å². The van der Waals surface area contributed by atoms with Crippen molar-refractivity contribution < 1.29 is 9.84 Å². The molecule has 2 aromatic rings. The van der Waals surface area contributed by atoms with Crippen molar-refractivity contribution in [3.8, 4) is 5.75 Å². The molecule has 0 radical (unpaired) electrons. The molecule has 1 aromatic heterocycles. The maximum Gasteiger partial charge on any atom is 0.121 e. The van der Waals surface area contributed by atoms with Gasteiger partial charge in [0, 0.05) is 25.6 Å². The second kappa shape index (κ2) is 6.57. The van der Waals surface area contributed by atoms with Gasteiger partial charge in [-0.1, -0.05) is 12.2 Å². The van der Waals surface area contributed by atoms with Crippen molar-refractivity contribution in [2.45, 2.75) is 33.2 Å². The Morgan fingerprint density at radius 2 is 2.25 bits per heavy atom. The highest BCUT2D eigenvalue weighted by molar-refractivity contribution is 5.78. The SMILES string of the molecule is C=C(C)Cn1c(CCCO)nc2cc(OCC)ccc21. The Morgan fingerprint density at radius 1 is 1.45 bits per heavy atom. The largest absolute Gasteiger partial charge is 0.494 e. The Hall–Kier alpha value is -1.81. The summed E-state index contributed by atoms with van der Waals surface area (Å²) >= 11 is 0. The predicted molar refractivity (Wildman–Crippen MR) is 81.1 cm³/mol. The van der Waals surface area contributed by atoms with Gasteiger partial charge in [0.2, 0.25) is 0 Å². The van der Waals surface area contributed by atoms with Gasteiger partial charge in [0.05, 0.1) is 17.6 Å². The van der Waals surface area contributed by atoms with Crippen LogP contribution < -0.4 is 4.74 Å². The molecule has 4 nitrogen and oxygen atoms in total. The molecule has 2 rings (SSSR count). The quantitative estimate of drug-likeness (QED) is 0.790. The van der Waals surface area contributed by atoms with Gasteiger partial charge in [0.25, 0.3) is 0 Å². The van der Waals surface area contributed by atoms with E-state index in [1.165, 1.54) is 0 Å². The topological polar surface area (TPSA) is 47.3 Å². The fourth-order valence-electron chi connectivity index (χ4n) is 2.29. The van der Waals surface area contributed by atoms with Crippen molar-refractivity contribution in [2.75, 3.05) is 13.2 Å². The van der Waals surface area contributed by atoms with Crippen LogP contribution in [0.1, 0.15) is 26.1 Å². The number of ether oxygens (including phenoxy) is 1. The fourth-order valence-corrected chi connectivity index (χ4v) is 2.29. The van der Waals surface area contributed by atoms with Crippen LogP contribution in [-0.2, 0) is 13.0 Å². The van der Waals surface area contributed by atoms with E-state index in [4.69, 9.17) is 9.84 Å². The van der Waals surface area contributed by atoms with E-state index < -0.39 is 0 Å². The smallest absolute Gasteiger partial charge is 0.121 e. The molecular weight excluding hydrogens is 252 g/mol. The average Bonchev–Trinajstić information content (AvgIpc) is 2.73. The van der Waals surface area contributed by atoms with Crippen molar-refractivity contribution in [1.82, 2.24) is 9.55 Å². The molecule has 0 bridgehead atoms. The minimum atomic E-state index is 0.181. The third-order valence-corrected chi connectivity index (χ3v) is 3.10. The number of benzene rings is 1. The molecule has 0 aliphatic carbocycles. The van der Waals surface area contributed by atoms with Crippen LogP contribution in [0.2, 0.25) is 0 Å². The van der Waals surface area contributed by atoms with Crippen LogP contribution in [-0.4, -0.2) is 27.9 Å². The lowest BCUT2D eigenvalue weighted by Gasteiger charge is -2.09. The van der Waals surface area contributed by atoms with Gasteiger partial charge in [-0.15, -0.1) is 0 Å². The minimum absolute atomic E-state index is 0.181. The zero-order valence-corrected chi connectivity index (χ0v) is 12.2. The van der Waals surface area contributed by atoms with Crippen LogP contribution in [0.15, 0.2) is 30.4 Å². The third-order valence-electron chi connectivity index (χ3n) is 3.10. The van der Waals surface area contributed by atoms with E-state index in [0.29, 0.717) is 6.61 Å². The summed E-state index contributed by atoms with van der Waals surface area (Å²) in [5, 5.41) is 9.01. The van der Waals surface area contributed by atoms with Crippen molar-refractivity contribution in [1.29, 1.82) is 0 Å². The van der Waals surface area contributed by atoms with Crippen LogP contribution in [0.5, 0.6) is 5.75 Å². The van der Waals surface area contributed by atoms with E-state index in [-0.39, 0.29) is 6.61 Å². The number of nitrogens with zero attached hydrogens (tertiary/aromatic N) is 2. The molecular formula is C16H22N2O2. The van der Waals surface area contributed by atoms with Gasteiger partial charge in [0.15, 0.2) is 0 Å². The number of aliphatic hydroxyl groups is 1. The number of hydrogen-bond donors (Lipinski definition) is 1. The van der Waals surface area contributed by atoms with Gasteiger partial charge in [-0.3, -0.25) is 0 Å². The molecule has 0 saturated heterocycles. The highest BCUT2D eigenvalue weighted by atomic mass is 16.5. The molecule has 4 heteroatoms. The summed E-state index contributed by atoms with van der Waals surface area (Å²) in [4.78, 5) is 4.68. The number of aliphatic hydroxyl groups excluding tert-OH is 1. The molecule has 0 fully saturated rings. The Labute approximate surface area is 119 Å². The average molecular weight is 274 g/mol. The number of aryl methyl sites for hydroxylation is 1. The van der Waals surface area contributed by atoms with E-state index >= 15 is 0 Å². The van der Waals surface area contributed by atoms with Gasteiger partial charge in [-0.05, 0) is 32.4 Å². The Bertz CT molecular complexity index is 602. The van der Waals surface area contributed by atoms with Gasteiger partial charge in [-0.25, -0.2) is 4.98 Å².